The van der Waals surface area contributed by atoms with Crippen molar-refractivity contribution in [3.63, 3.8) is 0 Å². The van der Waals surface area contributed by atoms with Crippen LogP contribution in [-0.2, 0) is 4.74 Å². The smallest absolute Gasteiger partial charge is 0.253 e. The first kappa shape index (κ1) is 13.5. The third-order valence-electron chi connectivity index (χ3n) is 4.29. The molecule has 108 valence electrons. The minimum absolute atomic E-state index is 0.0424. The number of hydrogen-bond donors (Lipinski definition) is 1. The number of ether oxygens (including phenoxy) is 1. The van der Waals surface area contributed by atoms with Gasteiger partial charge in [-0.05, 0) is 18.2 Å². The fourth-order valence-corrected chi connectivity index (χ4v) is 3.02. The standard InChI is InChI=1S/C14H15F2NO3/c15-11-2-1-9(3-12(11)16)13(19)17-4-10-5-20-8-14(10,6-17)7-18/h1-3,10,18H,4-8H2/t10-,14-/m0/s1. The Balaban J connectivity index is 1.80. The first-order valence-electron chi connectivity index (χ1n) is 6.49. The molecule has 2 aliphatic rings. The molecule has 20 heavy (non-hydrogen) atoms. The van der Waals surface area contributed by atoms with Gasteiger partial charge in [-0.25, -0.2) is 8.78 Å². The van der Waals surface area contributed by atoms with Gasteiger partial charge in [0.1, 0.15) is 0 Å². The molecule has 1 aromatic carbocycles. The van der Waals surface area contributed by atoms with Gasteiger partial charge in [0.15, 0.2) is 11.6 Å². The van der Waals surface area contributed by atoms with Gasteiger partial charge in [0.05, 0.1) is 19.8 Å². The third-order valence-corrected chi connectivity index (χ3v) is 4.29. The third kappa shape index (κ3) is 1.99. The maximum atomic E-state index is 13.2. The van der Waals surface area contributed by atoms with Gasteiger partial charge in [0.25, 0.3) is 5.91 Å². The summed E-state index contributed by atoms with van der Waals surface area (Å²) < 4.78 is 31.5. The Labute approximate surface area is 114 Å². The van der Waals surface area contributed by atoms with E-state index in [-0.39, 0.29) is 24.0 Å². The van der Waals surface area contributed by atoms with E-state index >= 15 is 0 Å². The molecule has 4 nitrogen and oxygen atoms in total. The molecule has 0 aliphatic carbocycles. The first-order chi connectivity index (χ1) is 9.55. The zero-order valence-corrected chi connectivity index (χ0v) is 10.8. The Morgan fingerprint density at radius 3 is 2.90 bits per heavy atom. The van der Waals surface area contributed by atoms with Gasteiger partial charge in [0.2, 0.25) is 0 Å². The molecule has 2 heterocycles. The van der Waals surface area contributed by atoms with Crippen LogP contribution in [0, 0.1) is 23.0 Å². The number of benzene rings is 1. The molecule has 2 aliphatic heterocycles. The minimum atomic E-state index is -1.03. The summed E-state index contributed by atoms with van der Waals surface area (Å²) in [5.74, 6) is -2.25. The normalized spacial score (nSPS) is 28.8. The summed E-state index contributed by atoms with van der Waals surface area (Å²) in [6, 6.07) is 3.13. The largest absolute Gasteiger partial charge is 0.396 e. The van der Waals surface area contributed by atoms with Crippen molar-refractivity contribution in [1.29, 1.82) is 0 Å². The Hall–Kier alpha value is -1.53. The zero-order chi connectivity index (χ0) is 14.3. The lowest BCUT2D eigenvalue weighted by molar-refractivity contribution is 0.0630. The molecule has 1 amide bonds. The lowest BCUT2D eigenvalue weighted by Crippen LogP contribution is -2.36. The maximum absolute atomic E-state index is 13.2. The fraction of sp³-hybridized carbons (Fsp3) is 0.500. The van der Waals surface area contributed by atoms with Gasteiger partial charge in [-0.15, -0.1) is 0 Å². The molecule has 0 saturated carbocycles. The first-order valence-corrected chi connectivity index (χ1v) is 6.49. The van der Waals surface area contributed by atoms with E-state index < -0.39 is 17.0 Å². The second-order valence-electron chi connectivity index (χ2n) is 5.55. The fourth-order valence-electron chi connectivity index (χ4n) is 3.02. The Bertz CT molecular complexity index is 551. The number of halogens is 2. The Morgan fingerprint density at radius 1 is 1.45 bits per heavy atom. The highest BCUT2D eigenvalue weighted by Gasteiger charge is 2.51. The topological polar surface area (TPSA) is 49.8 Å². The van der Waals surface area contributed by atoms with Crippen LogP contribution in [0.25, 0.3) is 0 Å². The van der Waals surface area contributed by atoms with Crippen LogP contribution in [-0.4, -0.2) is 48.8 Å². The predicted molar refractivity (Wildman–Crippen MR) is 66.1 cm³/mol. The number of rotatable bonds is 2. The van der Waals surface area contributed by atoms with Crippen LogP contribution in [0.5, 0.6) is 0 Å². The number of fused-ring (bicyclic) bond motifs is 1. The predicted octanol–water partition coefficient (Wildman–Crippen LogP) is 1.05. The van der Waals surface area contributed by atoms with E-state index in [0.29, 0.717) is 26.3 Å². The van der Waals surface area contributed by atoms with E-state index in [1.807, 2.05) is 0 Å². The van der Waals surface area contributed by atoms with Crippen LogP contribution in [0.1, 0.15) is 10.4 Å². The average molecular weight is 283 g/mol. The van der Waals surface area contributed by atoms with Crippen molar-refractivity contribution in [3.8, 4) is 0 Å². The Kier molecular flexibility index (Phi) is 3.22. The van der Waals surface area contributed by atoms with Crippen LogP contribution >= 0.6 is 0 Å². The van der Waals surface area contributed by atoms with Crippen LogP contribution in [0.3, 0.4) is 0 Å². The Morgan fingerprint density at radius 2 is 2.25 bits per heavy atom. The van der Waals surface area contributed by atoms with Crippen molar-refractivity contribution in [2.45, 2.75) is 0 Å². The van der Waals surface area contributed by atoms with Gasteiger partial charge >= 0.3 is 0 Å². The number of carbonyl (C=O) groups is 1. The number of aliphatic hydroxyl groups excluding tert-OH is 1. The summed E-state index contributed by atoms with van der Waals surface area (Å²) in [6.45, 7) is 1.75. The molecular formula is C14H15F2NO3. The highest BCUT2D eigenvalue weighted by molar-refractivity contribution is 5.94. The summed E-state index contributed by atoms with van der Waals surface area (Å²) >= 11 is 0. The van der Waals surface area contributed by atoms with Crippen LogP contribution < -0.4 is 0 Å². The van der Waals surface area contributed by atoms with Crippen LogP contribution in [0.15, 0.2) is 18.2 Å². The molecule has 2 atom stereocenters. The number of likely N-dealkylation sites (tertiary alicyclic amines) is 1. The molecule has 0 unspecified atom stereocenters. The molecular weight excluding hydrogens is 268 g/mol. The van der Waals surface area contributed by atoms with Crippen molar-refractivity contribution in [1.82, 2.24) is 4.90 Å². The van der Waals surface area contributed by atoms with Gasteiger partial charge < -0.3 is 14.7 Å². The van der Waals surface area contributed by atoms with Gasteiger partial charge in [-0.2, -0.15) is 0 Å². The summed E-state index contributed by atoms with van der Waals surface area (Å²) in [7, 11) is 0. The van der Waals surface area contributed by atoms with Crippen LogP contribution in [0.4, 0.5) is 8.78 Å². The molecule has 1 N–H and O–H groups in total. The molecule has 0 bridgehead atoms. The van der Waals surface area contributed by atoms with E-state index in [1.165, 1.54) is 6.07 Å². The van der Waals surface area contributed by atoms with Gasteiger partial charge in [0, 0.05) is 30.0 Å². The molecule has 0 spiro atoms. The van der Waals surface area contributed by atoms with Gasteiger partial charge in [-0.1, -0.05) is 0 Å². The molecule has 2 fully saturated rings. The summed E-state index contributed by atoms with van der Waals surface area (Å²) in [5.41, 5.74) is -0.285. The van der Waals surface area contributed by atoms with Crippen molar-refractivity contribution in [2.75, 3.05) is 32.9 Å². The van der Waals surface area contributed by atoms with E-state index in [0.717, 1.165) is 12.1 Å². The maximum Gasteiger partial charge on any atom is 0.253 e. The SMILES string of the molecule is O=C(c1ccc(F)c(F)c1)N1C[C@H]2COC[C@@]2(CO)C1. The number of carbonyl (C=O) groups excluding carboxylic acids is 1. The van der Waals surface area contributed by atoms with E-state index in [2.05, 4.69) is 0 Å². The van der Waals surface area contributed by atoms with Gasteiger partial charge in [-0.3, -0.25) is 4.79 Å². The highest BCUT2D eigenvalue weighted by atomic mass is 19.2. The monoisotopic (exact) mass is 283 g/mol. The second kappa shape index (κ2) is 4.79. The van der Waals surface area contributed by atoms with Crippen molar-refractivity contribution in [2.24, 2.45) is 11.3 Å². The number of nitrogens with zero attached hydrogens (tertiary/aromatic N) is 1. The molecule has 6 heteroatoms. The quantitative estimate of drug-likeness (QED) is 0.882. The lowest BCUT2D eigenvalue weighted by atomic mass is 9.82. The van der Waals surface area contributed by atoms with Crippen molar-refractivity contribution < 1.29 is 23.4 Å². The van der Waals surface area contributed by atoms with Crippen molar-refractivity contribution >= 4 is 5.91 Å². The number of hydrogen-bond acceptors (Lipinski definition) is 3. The van der Waals surface area contributed by atoms with E-state index in [4.69, 9.17) is 4.74 Å². The summed E-state index contributed by atoms with van der Waals surface area (Å²) in [6.07, 6.45) is 0. The average Bonchev–Trinajstić information content (AvgIpc) is 2.98. The summed E-state index contributed by atoms with van der Waals surface area (Å²) in [4.78, 5) is 13.9. The molecule has 1 aromatic rings. The molecule has 0 radical (unpaired) electrons. The molecule has 0 aromatic heterocycles. The molecule has 2 saturated heterocycles. The van der Waals surface area contributed by atoms with E-state index in [1.54, 1.807) is 4.90 Å². The summed E-state index contributed by atoms with van der Waals surface area (Å²) in [5, 5.41) is 9.55. The second-order valence-corrected chi connectivity index (χ2v) is 5.55. The number of amides is 1. The highest BCUT2D eigenvalue weighted by Crippen LogP contribution is 2.41. The number of aliphatic hydroxyl groups is 1. The lowest BCUT2D eigenvalue weighted by Gasteiger charge is -2.24. The van der Waals surface area contributed by atoms with Crippen molar-refractivity contribution in [3.05, 3.63) is 35.4 Å². The van der Waals surface area contributed by atoms with Crippen LogP contribution in [0.2, 0.25) is 0 Å². The minimum Gasteiger partial charge on any atom is -0.396 e. The zero-order valence-electron chi connectivity index (χ0n) is 10.8. The van der Waals surface area contributed by atoms with E-state index in [9.17, 15) is 18.7 Å². The molecule has 3 rings (SSSR count).